The number of carbonyl (C=O) groups is 1. The van der Waals surface area contributed by atoms with Crippen LogP contribution in [-0.2, 0) is 10.2 Å². The fraction of sp³-hybridized carbons (Fsp3) is 0.564. The Morgan fingerprint density at radius 2 is 1.76 bits per heavy atom. The van der Waals surface area contributed by atoms with Gasteiger partial charge in [0.2, 0.25) is 0 Å². The van der Waals surface area contributed by atoms with Gasteiger partial charge in [0.15, 0.2) is 5.78 Å². The predicted octanol–water partition coefficient (Wildman–Crippen LogP) is 7.91. The molecule has 42 heavy (non-hydrogen) atoms. The highest BCUT2D eigenvalue weighted by Gasteiger charge is 2.64. The Labute approximate surface area is 253 Å². The van der Waals surface area contributed by atoms with Crippen LogP contribution in [0, 0.1) is 40.4 Å². The van der Waals surface area contributed by atoms with Gasteiger partial charge in [-0.15, -0.1) is 0 Å². The van der Waals surface area contributed by atoms with E-state index in [4.69, 9.17) is 0 Å². The number of rotatable bonds is 2. The largest absolute Gasteiger partial charge is 0.378 e. The van der Waals surface area contributed by atoms with Crippen LogP contribution in [0.25, 0.3) is 0 Å². The van der Waals surface area contributed by atoms with Crippen molar-refractivity contribution in [2.45, 2.75) is 97.0 Å². The Morgan fingerprint density at radius 3 is 2.40 bits per heavy atom. The van der Waals surface area contributed by atoms with Gasteiger partial charge >= 0.3 is 0 Å². The zero-order valence-electron chi connectivity index (χ0n) is 26.8. The molecule has 222 valence electrons. The fourth-order valence-electron chi connectivity index (χ4n) is 9.02. The number of ketones is 1. The van der Waals surface area contributed by atoms with Crippen LogP contribution >= 0.6 is 0 Å². The first-order valence-electron chi connectivity index (χ1n) is 16.1. The lowest BCUT2D eigenvalue weighted by Gasteiger charge is -2.57. The minimum absolute atomic E-state index is 0.0440. The Morgan fingerprint density at radius 1 is 1.02 bits per heavy atom. The third-order valence-corrected chi connectivity index (χ3v) is 11.7. The zero-order valence-corrected chi connectivity index (χ0v) is 26.8. The van der Waals surface area contributed by atoms with Gasteiger partial charge in [-0.1, -0.05) is 76.3 Å². The van der Waals surface area contributed by atoms with E-state index in [0.29, 0.717) is 24.2 Å². The summed E-state index contributed by atoms with van der Waals surface area (Å²) in [6.45, 7) is 11.5. The van der Waals surface area contributed by atoms with Crippen molar-refractivity contribution < 1.29 is 9.90 Å². The lowest BCUT2D eigenvalue weighted by atomic mass is 9.47. The number of hydrogen-bond acceptors (Lipinski definition) is 3. The summed E-state index contributed by atoms with van der Waals surface area (Å²) in [5.74, 6) is 8.35. The first-order chi connectivity index (χ1) is 19.7. The van der Waals surface area contributed by atoms with E-state index >= 15 is 0 Å². The molecule has 0 aliphatic heterocycles. The van der Waals surface area contributed by atoms with Gasteiger partial charge in [-0.25, -0.2) is 0 Å². The molecule has 6 rings (SSSR count). The van der Waals surface area contributed by atoms with E-state index in [0.717, 1.165) is 50.5 Å². The first-order valence-corrected chi connectivity index (χ1v) is 16.1. The number of likely N-dealkylation sites (N-methyl/N-ethyl adjacent to an activating group) is 1. The Kier molecular flexibility index (Phi) is 7.05. The van der Waals surface area contributed by atoms with Crippen molar-refractivity contribution in [3.63, 3.8) is 0 Å². The van der Waals surface area contributed by atoms with Gasteiger partial charge in [-0.2, -0.15) is 0 Å². The van der Waals surface area contributed by atoms with Crippen LogP contribution < -0.4 is 0 Å². The van der Waals surface area contributed by atoms with Gasteiger partial charge in [-0.3, -0.25) is 4.79 Å². The minimum atomic E-state index is -1.02. The maximum absolute atomic E-state index is 12.5. The fourth-order valence-corrected chi connectivity index (χ4v) is 9.02. The molecule has 2 fully saturated rings. The molecule has 0 saturated heterocycles. The van der Waals surface area contributed by atoms with E-state index in [1.54, 1.807) is 5.57 Å². The summed E-state index contributed by atoms with van der Waals surface area (Å²) in [5.41, 5.74) is 6.67. The number of nitrogens with zero attached hydrogens (tertiary/aromatic N) is 1. The van der Waals surface area contributed by atoms with E-state index in [9.17, 15) is 9.90 Å². The molecule has 0 aromatic heterocycles. The van der Waals surface area contributed by atoms with Crippen LogP contribution in [0.2, 0.25) is 0 Å². The molecule has 0 heterocycles. The number of benzene rings is 1. The smallest absolute Gasteiger partial charge is 0.156 e. The Bertz CT molecular complexity index is 1470. The summed E-state index contributed by atoms with van der Waals surface area (Å²) in [4.78, 5) is 14.6. The van der Waals surface area contributed by atoms with Crippen molar-refractivity contribution in [3.8, 4) is 11.8 Å². The standard InChI is InChI=1S/C39H49NO2/c1-36(2,3)28-11-8-26(9-12-28)16-22-39(42)23-19-33-32-14-10-27-24-30(41)13-15-31(27)35(32)34(25-38(33,39)5)37(4)20-17-29(18-21-37)40(6)7/h8-9,11-12,17-18,20,24,32-34,42H,10,13-15,19,21,23,25H2,1-7H3/t32-,33-,34-,37?,38-,39-/m0/s1. The van der Waals surface area contributed by atoms with Crippen molar-refractivity contribution in [1.82, 2.24) is 4.90 Å². The molecular weight excluding hydrogens is 514 g/mol. The zero-order chi connectivity index (χ0) is 30.1. The van der Waals surface area contributed by atoms with Crippen molar-refractivity contribution in [3.05, 3.63) is 82.1 Å². The second-order valence-corrected chi connectivity index (χ2v) is 15.5. The monoisotopic (exact) mass is 563 g/mol. The number of carbonyl (C=O) groups excluding carboxylic acids is 1. The van der Waals surface area contributed by atoms with Crippen molar-refractivity contribution in [1.29, 1.82) is 0 Å². The Hall–Kier alpha value is -2.83. The maximum Gasteiger partial charge on any atom is 0.156 e. The third-order valence-electron chi connectivity index (χ3n) is 11.7. The van der Waals surface area contributed by atoms with Crippen molar-refractivity contribution >= 4 is 5.78 Å². The van der Waals surface area contributed by atoms with E-state index in [2.05, 4.69) is 108 Å². The molecule has 1 aromatic carbocycles. The molecule has 5 aliphatic rings. The van der Waals surface area contributed by atoms with E-state index < -0.39 is 5.60 Å². The molecule has 1 unspecified atom stereocenters. The highest BCUT2D eigenvalue weighted by atomic mass is 16.3. The van der Waals surface area contributed by atoms with Gasteiger partial charge in [0.05, 0.1) is 0 Å². The molecular formula is C39H49NO2. The average molecular weight is 564 g/mol. The summed E-state index contributed by atoms with van der Waals surface area (Å²) in [7, 11) is 4.22. The minimum Gasteiger partial charge on any atom is -0.378 e. The topological polar surface area (TPSA) is 40.5 Å². The quantitative estimate of drug-likeness (QED) is 0.372. The average Bonchev–Trinajstić information content (AvgIpc) is 3.21. The van der Waals surface area contributed by atoms with E-state index in [1.165, 1.54) is 22.4 Å². The number of fused-ring (bicyclic) bond motifs is 4. The van der Waals surface area contributed by atoms with Crippen LogP contribution in [0.3, 0.4) is 0 Å². The second kappa shape index (κ2) is 10.1. The Balaban J connectivity index is 1.41. The normalized spacial score (nSPS) is 35.8. The molecule has 6 atom stereocenters. The molecule has 0 amide bonds. The second-order valence-electron chi connectivity index (χ2n) is 15.5. The van der Waals surface area contributed by atoms with E-state index in [1.807, 2.05) is 6.08 Å². The lowest BCUT2D eigenvalue weighted by molar-refractivity contribution is -0.114. The number of allylic oxidation sites excluding steroid dienone is 7. The van der Waals surface area contributed by atoms with Gasteiger partial charge in [-0.05, 0) is 115 Å². The van der Waals surface area contributed by atoms with Gasteiger partial charge in [0.1, 0.15) is 5.60 Å². The molecule has 3 nitrogen and oxygen atoms in total. The van der Waals surface area contributed by atoms with Crippen LogP contribution in [0.15, 0.2) is 71.0 Å². The summed E-state index contributed by atoms with van der Waals surface area (Å²) in [6, 6.07) is 8.58. The first kappa shape index (κ1) is 29.3. The predicted molar refractivity (Wildman–Crippen MR) is 172 cm³/mol. The molecule has 0 bridgehead atoms. The summed E-state index contributed by atoms with van der Waals surface area (Å²) in [6.07, 6.45) is 16.3. The molecule has 0 radical (unpaired) electrons. The highest BCUT2D eigenvalue weighted by Crippen LogP contribution is 2.67. The molecule has 3 heteroatoms. The third kappa shape index (κ3) is 4.75. The summed E-state index contributed by atoms with van der Waals surface area (Å²) < 4.78 is 0. The molecule has 0 spiro atoms. The van der Waals surface area contributed by atoms with Crippen LogP contribution in [0.1, 0.15) is 97.1 Å². The lowest BCUT2D eigenvalue weighted by Crippen LogP contribution is -2.53. The number of aliphatic hydroxyl groups is 1. The van der Waals surface area contributed by atoms with Crippen LogP contribution in [-0.4, -0.2) is 35.5 Å². The van der Waals surface area contributed by atoms with Crippen LogP contribution in [0.5, 0.6) is 0 Å². The molecule has 1 aromatic rings. The van der Waals surface area contributed by atoms with Crippen molar-refractivity contribution in [2.24, 2.45) is 28.6 Å². The van der Waals surface area contributed by atoms with Crippen LogP contribution in [0.4, 0.5) is 0 Å². The summed E-state index contributed by atoms with van der Waals surface area (Å²) in [5, 5.41) is 12.5. The van der Waals surface area contributed by atoms with Gasteiger partial charge in [0, 0.05) is 37.2 Å². The maximum atomic E-state index is 12.5. The molecule has 5 aliphatic carbocycles. The SMILES string of the molecule is CN(C)C1=CCC(C)([C@H]2C[C@@]3(C)[C@@H](CC[C@@]3(O)C#Cc3ccc(C(C)(C)C)cc3)[C@@H]3CCC4=CC(=O)CCC4=C32)C=C1. The van der Waals surface area contributed by atoms with Gasteiger partial charge < -0.3 is 10.0 Å². The highest BCUT2D eigenvalue weighted by molar-refractivity contribution is 5.93. The summed E-state index contributed by atoms with van der Waals surface area (Å²) >= 11 is 0. The van der Waals surface area contributed by atoms with Gasteiger partial charge in [0.25, 0.3) is 0 Å². The molecule has 1 N–H and O–H groups in total. The van der Waals surface area contributed by atoms with E-state index in [-0.39, 0.29) is 22.0 Å². The van der Waals surface area contributed by atoms with Crippen molar-refractivity contribution in [2.75, 3.05) is 14.1 Å². The molecule has 2 saturated carbocycles. The number of hydrogen-bond donors (Lipinski definition) is 1.